The third-order valence-electron chi connectivity index (χ3n) is 5.00. The van der Waals surface area contributed by atoms with Gasteiger partial charge in [-0.1, -0.05) is 12.1 Å². The summed E-state index contributed by atoms with van der Waals surface area (Å²) < 4.78 is 50.2. The van der Waals surface area contributed by atoms with Crippen LogP contribution in [0.25, 0.3) is 0 Å². The minimum absolute atomic E-state index is 0.149. The molecule has 2 aromatic rings. The molecule has 2 atom stereocenters. The van der Waals surface area contributed by atoms with Crippen molar-refractivity contribution in [3.63, 3.8) is 0 Å². The standard InChI is InChI=1S/C18H18N4O6S2/c23-15-11-29(25,26)17(13-5-1-3-7-19-13)21(15)9-10-22-16(24)12-30(27,28)18(22)14-6-2-4-8-20-14/h1-8,17-18H,9-12H2. The van der Waals surface area contributed by atoms with Gasteiger partial charge in [-0.2, -0.15) is 0 Å². The molecule has 4 rings (SSSR count). The van der Waals surface area contributed by atoms with Gasteiger partial charge in [-0.3, -0.25) is 19.6 Å². The van der Waals surface area contributed by atoms with Crippen LogP contribution in [0.4, 0.5) is 0 Å². The van der Waals surface area contributed by atoms with E-state index >= 15 is 0 Å². The largest absolute Gasteiger partial charge is 0.318 e. The van der Waals surface area contributed by atoms with Gasteiger partial charge in [0, 0.05) is 25.5 Å². The smallest absolute Gasteiger partial charge is 0.239 e. The SMILES string of the molecule is O=C1CS(=O)(=O)C(c2ccccn2)N1CCN1C(=O)CS(=O)(=O)C1c1ccccn1. The van der Waals surface area contributed by atoms with Crippen molar-refractivity contribution in [1.82, 2.24) is 19.8 Å². The quantitative estimate of drug-likeness (QED) is 0.605. The van der Waals surface area contributed by atoms with E-state index in [2.05, 4.69) is 9.97 Å². The van der Waals surface area contributed by atoms with Gasteiger partial charge >= 0.3 is 0 Å². The molecule has 0 spiro atoms. The van der Waals surface area contributed by atoms with Gasteiger partial charge in [0.25, 0.3) is 0 Å². The molecule has 2 amide bonds. The number of rotatable bonds is 5. The molecule has 10 nitrogen and oxygen atoms in total. The Morgan fingerprint density at radius 2 is 1.13 bits per heavy atom. The average molecular weight is 450 g/mol. The number of pyridine rings is 2. The summed E-state index contributed by atoms with van der Waals surface area (Å²) in [4.78, 5) is 35.2. The van der Waals surface area contributed by atoms with E-state index < -0.39 is 53.7 Å². The molecule has 2 fully saturated rings. The molecular weight excluding hydrogens is 432 g/mol. The number of hydrogen-bond acceptors (Lipinski definition) is 8. The highest BCUT2D eigenvalue weighted by Gasteiger charge is 2.48. The Bertz CT molecular complexity index is 1090. The van der Waals surface area contributed by atoms with E-state index in [9.17, 15) is 26.4 Å². The Morgan fingerprint density at radius 1 is 0.733 bits per heavy atom. The molecule has 0 N–H and O–H groups in total. The van der Waals surface area contributed by atoms with Gasteiger partial charge in [0.15, 0.2) is 30.4 Å². The first-order valence-corrected chi connectivity index (χ1v) is 12.5. The maximum absolute atomic E-state index is 12.5. The van der Waals surface area contributed by atoms with Crippen molar-refractivity contribution in [3.05, 3.63) is 60.2 Å². The number of carbonyl (C=O) groups is 2. The lowest BCUT2D eigenvalue weighted by Gasteiger charge is -2.28. The van der Waals surface area contributed by atoms with Crippen LogP contribution >= 0.6 is 0 Å². The number of carbonyl (C=O) groups excluding carboxylic acids is 2. The molecule has 2 unspecified atom stereocenters. The molecule has 0 saturated carbocycles. The van der Waals surface area contributed by atoms with Crippen molar-refractivity contribution in [1.29, 1.82) is 0 Å². The van der Waals surface area contributed by atoms with Crippen LogP contribution in [-0.4, -0.2) is 73.0 Å². The van der Waals surface area contributed by atoms with E-state index in [-0.39, 0.29) is 24.5 Å². The van der Waals surface area contributed by atoms with Gasteiger partial charge in [0.2, 0.25) is 11.8 Å². The topological polar surface area (TPSA) is 135 Å². The summed E-state index contributed by atoms with van der Waals surface area (Å²) in [6.07, 6.45) is 2.86. The van der Waals surface area contributed by atoms with E-state index in [1.807, 2.05) is 0 Å². The van der Waals surface area contributed by atoms with Crippen molar-refractivity contribution < 1.29 is 26.4 Å². The van der Waals surface area contributed by atoms with Crippen LogP contribution in [-0.2, 0) is 29.3 Å². The Hall–Kier alpha value is -2.86. The summed E-state index contributed by atoms with van der Waals surface area (Å²) in [5.41, 5.74) is 0.398. The number of hydrogen-bond donors (Lipinski definition) is 0. The van der Waals surface area contributed by atoms with E-state index in [4.69, 9.17) is 0 Å². The highest BCUT2D eigenvalue weighted by atomic mass is 32.2. The zero-order valence-corrected chi connectivity index (χ0v) is 17.3. The second-order valence-electron chi connectivity index (χ2n) is 7.00. The van der Waals surface area contributed by atoms with Crippen LogP contribution in [0.15, 0.2) is 48.8 Å². The molecule has 2 aliphatic rings. The molecule has 2 aromatic heterocycles. The van der Waals surface area contributed by atoms with Gasteiger partial charge in [0.05, 0.1) is 11.4 Å². The summed E-state index contributed by atoms with van der Waals surface area (Å²) in [5.74, 6) is -2.56. The molecule has 0 bridgehead atoms. The van der Waals surface area contributed by atoms with Crippen molar-refractivity contribution in [3.8, 4) is 0 Å². The highest BCUT2D eigenvalue weighted by molar-refractivity contribution is 7.93. The van der Waals surface area contributed by atoms with Gasteiger partial charge < -0.3 is 9.80 Å². The molecule has 12 heteroatoms. The maximum atomic E-state index is 12.5. The van der Waals surface area contributed by atoms with Crippen molar-refractivity contribution in [2.45, 2.75) is 10.7 Å². The minimum Gasteiger partial charge on any atom is -0.318 e. The number of nitrogens with zero attached hydrogens (tertiary/aromatic N) is 4. The highest BCUT2D eigenvalue weighted by Crippen LogP contribution is 2.35. The number of sulfone groups is 2. The summed E-state index contributed by atoms with van der Waals surface area (Å²) in [6.45, 7) is -0.298. The van der Waals surface area contributed by atoms with Crippen LogP contribution in [0.5, 0.6) is 0 Å². The third-order valence-corrected chi connectivity index (χ3v) is 8.65. The predicted molar refractivity (Wildman–Crippen MR) is 105 cm³/mol. The summed E-state index contributed by atoms with van der Waals surface area (Å²) in [6, 6.07) is 9.51. The van der Waals surface area contributed by atoms with Gasteiger partial charge in [-0.25, -0.2) is 16.8 Å². The Labute approximate surface area is 173 Å². The van der Waals surface area contributed by atoms with Gasteiger partial charge in [-0.15, -0.1) is 0 Å². The third kappa shape index (κ3) is 3.56. The van der Waals surface area contributed by atoms with Gasteiger partial charge in [0.1, 0.15) is 11.5 Å². The molecular formula is C18H18N4O6S2. The molecule has 0 aromatic carbocycles. The van der Waals surface area contributed by atoms with E-state index in [1.54, 1.807) is 24.3 Å². The van der Waals surface area contributed by atoms with Crippen LogP contribution in [0.2, 0.25) is 0 Å². The Morgan fingerprint density at radius 3 is 1.47 bits per heavy atom. The molecule has 0 radical (unpaired) electrons. The second-order valence-corrected chi connectivity index (χ2v) is 11.1. The molecule has 4 heterocycles. The fourth-order valence-electron chi connectivity index (χ4n) is 3.75. The first-order chi connectivity index (χ1) is 14.2. The van der Waals surface area contributed by atoms with E-state index in [0.717, 1.165) is 9.80 Å². The fourth-order valence-corrected chi connectivity index (χ4v) is 7.32. The first kappa shape index (κ1) is 20.4. The number of amides is 2. The van der Waals surface area contributed by atoms with Crippen LogP contribution in [0, 0.1) is 0 Å². The van der Waals surface area contributed by atoms with Crippen LogP contribution < -0.4 is 0 Å². The molecule has 30 heavy (non-hydrogen) atoms. The van der Waals surface area contributed by atoms with Crippen LogP contribution in [0.3, 0.4) is 0 Å². The Balaban J connectivity index is 1.62. The summed E-state index contributed by atoms with van der Waals surface area (Å²) in [5, 5.41) is -2.54. The zero-order valence-electron chi connectivity index (χ0n) is 15.7. The van der Waals surface area contributed by atoms with Crippen molar-refractivity contribution in [2.24, 2.45) is 0 Å². The monoisotopic (exact) mass is 450 g/mol. The Kier molecular flexibility index (Phi) is 5.06. The zero-order chi connectivity index (χ0) is 21.5. The van der Waals surface area contributed by atoms with Crippen molar-refractivity contribution in [2.75, 3.05) is 24.6 Å². The predicted octanol–water partition coefficient (Wildman–Crippen LogP) is -0.312. The molecule has 0 aliphatic carbocycles. The van der Waals surface area contributed by atoms with Gasteiger partial charge in [-0.05, 0) is 24.3 Å². The minimum atomic E-state index is -3.81. The first-order valence-electron chi connectivity index (χ1n) is 9.05. The fraction of sp³-hybridized carbons (Fsp3) is 0.333. The van der Waals surface area contributed by atoms with E-state index in [1.165, 1.54) is 24.5 Å². The lowest BCUT2D eigenvalue weighted by atomic mass is 10.3. The second kappa shape index (κ2) is 7.43. The summed E-state index contributed by atoms with van der Waals surface area (Å²) >= 11 is 0. The van der Waals surface area contributed by atoms with Crippen LogP contribution in [0.1, 0.15) is 22.1 Å². The molecule has 158 valence electrons. The number of aromatic nitrogens is 2. The maximum Gasteiger partial charge on any atom is 0.239 e. The van der Waals surface area contributed by atoms with E-state index in [0.29, 0.717) is 0 Å². The lowest BCUT2D eigenvalue weighted by molar-refractivity contribution is -0.132. The molecule has 2 aliphatic heterocycles. The normalized spacial score (nSPS) is 25.1. The summed E-state index contributed by atoms with van der Waals surface area (Å²) in [7, 11) is -7.61. The molecule has 2 saturated heterocycles. The average Bonchev–Trinajstić information content (AvgIpc) is 3.07. The van der Waals surface area contributed by atoms with Crippen molar-refractivity contribution >= 4 is 31.5 Å². The lowest BCUT2D eigenvalue weighted by Crippen LogP contribution is -2.40.